The van der Waals surface area contributed by atoms with Crippen LogP contribution in [-0.4, -0.2) is 21.0 Å². The molecule has 5 nitrogen and oxygen atoms in total. The van der Waals surface area contributed by atoms with E-state index < -0.39 is 12.0 Å². The van der Waals surface area contributed by atoms with Gasteiger partial charge in [-0.3, -0.25) is 4.79 Å². The minimum atomic E-state index is -1.22. The van der Waals surface area contributed by atoms with Crippen molar-refractivity contribution in [2.45, 2.75) is 13.0 Å². The van der Waals surface area contributed by atoms with Gasteiger partial charge in [0.25, 0.3) is 0 Å². The normalized spacial score (nSPS) is 12.2. The zero-order chi connectivity index (χ0) is 14.0. The second-order valence-corrected chi connectivity index (χ2v) is 4.99. The molecular formula is C13H12BrN3O2. The fraction of sp³-hybridized carbons (Fsp3) is 0.154. The zero-order valence-corrected chi connectivity index (χ0v) is 11.8. The summed E-state index contributed by atoms with van der Waals surface area (Å²) < 4.78 is 0.922. The van der Waals surface area contributed by atoms with Crippen LogP contribution >= 0.6 is 15.9 Å². The number of aryl methyl sites for hydroxylation is 1. The van der Waals surface area contributed by atoms with E-state index in [4.69, 9.17) is 10.8 Å². The molecule has 1 unspecified atom stereocenters. The number of rotatable bonds is 3. The average molecular weight is 322 g/mol. The number of carboxylic acids is 1. The molecule has 2 aromatic rings. The minimum Gasteiger partial charge on any atom is -0.480 e. The summed E-state index contributed by atoms with van der Waals surface area (Å²) in [4.78, 5) is 19.2. The van der Waals surface area contributed by atoms with Crippen molar-refractivity contribution in [2.75, 3.05) is 0 Å². The van der Waals surface area contributed by atoms with Gasteiger partial charge < -0.3 is 10.8 Å². The third kappa shape index (κ3) is 3.15. The van der Waals surface area contributed by atoms with Gasteiger partial charge in [0.15, 0.2) is 11.9 Å². The van der Waals surface area contributed by atoms with E-state index in [9.17, 15) is 4.79 Å². The van der Waals surface area contributed by atoms with Crippen molar-refractivity contribution in [3.05, 3.63) is 46.3 Å². The Bertz CT molecular complexity index is 631. The summed E-state index contributed by atoms with van der Waals surface area (Å²) in [6.07, 6.45) is 0. The summed E-state index contributed by atoms with van der Waals surface area (Å²) in [6, 6.07) is 8.15. The first-order chi connectivity index (χ1) is 8.97. The van der Waals surface area contributed by atoms with E-state index in [1.54, 1.807) is 13.0 Å². The number of hydrogen-bond acceptors (Lipinski definition) is 4. The third-order valence-electron chi connectivity index (χ3n) is 2.54. The van der Waals surface area contributed by atoms with Gasteiger partial charge in [-0.1, -0.05) is 28.1 Å². The van der Waals surface area contributed by atoms with Crippen molar-refractivity contribution in [2.24, 2.45) is 5.73 Å². The highest BCUT2D eigenvalue weighted by Gasteiger charge is 2.18. The molecule has 0 saturated carbocycles. The molecule has 2 rings (SSSR count). The maximum absolute atomic E-state index is 10.9. The summed E-state index contributed by atoms with van der Waals surface area (Å²) in [6.45, 7) is 1.78. The smallest absolute Gasteiger partial charge is 0.328 e. The van der Waals surface area contributed by atoms with Gasteiger partial charge in [0.2, 0.25) is 0 Å². The standard InChI is InChI=1S/C13H12BrN3O2/c1-7-5-10(8-3-2-4-9(14)6-8)17-12(16-7)11(15)13(18)19/h2-6,11H,15H2,1H3,(H,18,19). The fourth-order valence-electron chi connectivity index (χ4n) is 1.64. The van der Waals surface area contributed by atoms with Gasteiger partial charge in [-0.25, -0.2) is 9.97 Å². The number of halogens is 1. The van der Waals surface area contributed by atoms with Crippen LogP contribution in [0.5, 0.6) is 0 Å². The molecule has 1 aromatic heterocycles. The van der Waals surface area contributed by atoms with E-state index in [2.05, 4.69) is 25.9 Å². The molecule has 19 heavy (non-hydrogen) atoms. The molecular weight excluding hydrogens is 310 g/mol. The molecule has 1 aromatic carbocycles. The Morgan fingerprint density at radius 2 is 2.11 bits per heavy atom. The summed E-state index contributed by atoms with van der Waals surface area (Å²) in [7, 11) is 0. The van der Waals surface area contributed by atoms with E-state index >= 15 is 0 Å². The van der Waals surface area contributed by atoms with Gasteiger partial charge in [-0.15, -0.1) is 0 Å². The maximum atomic E-state index is 10.9. The van der Waals surface area contributed by atoms with E-state index in [1.165, 1.54) is 0 Å². The summed E-state index contributed by atoms with van der Waals surface area (Å²) in [5.74, 6) is -1.03. The van der Waals surface area contributed by atoms with Gasteiger partial charge in [0.05, 0.1) is 5.69 Å². The third-order valence-corrected chi connectivity index (χ3v) is 3.03. The molecule has 1 atom stereocenters. The lowest BCUT2D eigenvalue weighted by Crippen LogP contribution is -2.23. The summed E-state index contributed by atoms with van der Waals surface area (Å²) >= 11 is 3.39. The van der Waals surface area contributed by atoms with Crippen molar-refractivity contribution in [3.8, 4) is 11.3 Å². The summed E-state index contributed by atoms with van der Waals surface area (Å²) in [5.41, 5.74) is 7.75. The Morgan fingerprint density at radius 3 is 2.74 bits per heavy atom. The molecule has 0 aliphatic carbocycles. The van der Waals surface area contributed by atoms with E-state index in [-0.39, 0.29) is 5.82 Å². The monoisotopic (exact) mass is 321 g/mol. The van der Waals surface area contributed by atoms with Crippen LogP contribution in [-0.2, 0) is 4.79 Å². The number of nitrogens with zero attached hydrogens (tertiary/aromatic N) is 2. The highest BCUT2D eigenvalue weighted by Crippen LogP contribution is 2.22. The maximum Gasteiger partial charge on any atom is 0.328 e. The van der Waals surface area contributed by atoms with Crippen molar-refractivity contribution < 1.29 is 9.90 Å². The minimum absolute atomic E-state index is 0.113. The number of hydrogen-bond donors (Lipinski definition) is 2. The van der Waals surface area contributed by atoms with Crippen LogP contribution in [0.1, 0.15) is 17.6 Å². The van der Waals surface area contributed by atoms with Gasteiger partial charge >= 0.3 is 5.97 Å². The largest absolute Gasteiger partial charge is 0.480 e. The molecule has 3 N–H and O–H groups in total. The van der Waals surface area contributed by atoms with Crippen LogP contribution in [0.4, 0.5) is 0 Å². The van der Waals surface area contributed by atoms with Crippen LogP contribution in [0.15, 0.2) is 34.8 Å². The molecule has 98 valence electrons. The first-order valence-corrected chi connectivity index (χ1v) is 6.36. The zero-order valence-electron chi connectivity index (χ0n) is 10.2. The van der Waals surface area contributed by atoms with Crippen molar-refractivity contribution in [1.29, 1.82) is 0 Å². The second kappa shape index (κ2) is 5.46. The highest BCUT2D eigenvalue weighted by molar-refractivity contribution is 9.10. The molecule has 1 heterocycles. The van der Waals surface area contributed by atoms with Gasteiger partial charge in [0.1, 0.15) is 0 Å². The van der Waals surface area contributed by atoms with Gasteiger partial charge in [-0.2, -0.15) is 0 Å². The molecule has 0 spiro atoms. The number of nitrogens with two attached hydrogens (primary N) is 1. The van der Waals surface area contributed by atoms with Crippen LogP contribution in [0.25, 0.3) is 11.3 Å². The molecule has 6 heteroatoms. The van der Waals surface area contributed by atoms with Crippen molar-refractivity contribution >= 4 is 21.9 Å². The highest BCUT2D eigenvalue weighted by atomic mass is 79.9. The first-order valence-electron chi connectivity index (χ1n) is 5.57. The topological polar surface area (TPSA) is 89.1 Å². The second-order valence-electron chi connectivity index (χ2n) is 4.08. The van der Waals surface area contributed by atoms with Crippen molar-refractivity contribution in [3.63, 3.8) is 0 Å². The SMILES string of the molecule is Cc1cc(-c2cccc(Br)c2)nc(C(N)C(=O)O)n1. The first kappa shape index (κ1) is 13.6. The van der Waals surface area contributed by atoms with E-state index in [0.717, 1.165) is 10.0 Å². The van der Waals surface area contributed by atoms with Crippen LogP contribution < -0.4 is 5.73 Å². The molecule has 0 saturated heterocycles. The van der Waals surface area contributed by atoms with Crippen LogP contribution in [0.2, 0.25) is 0 Å². The quantitative estimate of drug-likeness (QED) is 0.905. The number of carboxylic acid groups (broad SMARTS) is 1. The molecule has 0 fully saturated rings. The Morgan fingerprint density at radius 1 is 1.37 bits per heavy atom. The van der Waals surface area contributed by atoms with Crippen molar-refractivity contribution in [1.82, 2.24) is 9.97 Å². The Balaban J connectivity index is 2.50. The Labute approximate surface area is 118 Å². The van der Waals surface area contributed by atoms with Gasteiger partial charge in [-0.05, 0) is 25.1 Å². The Hall–Kier alpha value is -1.79. The fourth-order valence-corrected chi connectivity index (χ4v) is 2.04. The summed E-state index contributed by atoms with van der Waals surface area (Å²) in [5, 5.41) is 8.92. The number of aliphatic carboxylic acids is 1. The van der Waals surface area contributed by atoms with Gasteiger partial charge in [0, 0.05) is 15.7 Å². The van der Waals surface area contributed by atoms with E-state index in [1.807, 2.05) is 24.3 Å². The number of carbonyl (C=O) groups is 1. The lowest BCUT2D eigenvalue weighted by Gasteiger charge is -2.09. The predicted octanol–water partition coefficient (Wildman–Crippen LogP) is 2.30. The molecule has 0 aliphatic heterocycles. The molecule has 0 bridgehead atoms. The Kier molecular flexibility index (Phi) is 3.92. The molecule has 0 radical (unpaired) electrons. The van der Waals surface area contributed by atoms with Crippen LogP contribution in [0, 0.1) is 6.92 Å². The van der Waals surface area contributed by atoms with Crippen LogP contribution in [0.3, 0.4) is 0 Å². The molecule has 0 amide bonds. The number of benzene rings is 1. The predicted molar refractivity (Wildman–Crippen MR) is 74.5 cm³/mol. The average Bonchev–Trinajstić information content (AvgIpc) is 2.37. The number of aromatic nitrogens is 2. The van der Waals surface area contributed by atoms with E-state index in [0.29, 0.717) is 11.4 Å². The molecule has 0 aliphatic rings. The lowest BCUT2D eigenvalue weighted by molar-refractivity contribution is -0.138. The lowest BCUT2D eigenvalue weighted by atomic mass is 10.1.